The molecule has 4 saturated heterocycles. The second-order valence-electron chi connectivity index (χ2n) is 18.2. The molecule has 14 nitrogen and oxygen atoms in total. The van der Waals surface area contributed by atoms with E-state index < -0.39 is 29.3 Å². The van der Waals surface area contributed by atoms with E-state index in [0.29, 0.717) is 92.7 Å². The van der Waals surface area contributed by atoms with E-state index in [2.05, 4.69) is 40.2 Å². The van der Waals surface area contributed by atoms with Gasteiger partial charge in [-0.05, 0) is 81.5 Å². The fraction of sp³-hybridized carbons (Fsp3) is 0.545. The van der Waals surface area contributed by atoms with E-state index >= 15 is 8.78 Å². The van der Waals surface area contributed by atoms with Gasteiger partial charge in [0.1, 0.15) is 35.3 Å². The summed E-state index contributed by atoms with van der Waals surface area (Å²) in [6, 6.07) is 7.31. The Morgan fingerprint density at radius 1 is 0.836 bits per heavy atom. The third kappa shape index (κ3) is 8.02. The molecule has 1 aliphatic carbocycles. The van der Waals surface area contributed by atoms with Crippen LogP contribution < -0.4 is 19.9 Å². The summed E-state index contributed by atoms with van der Waals surface area (Å²) in [7, 11) is 0. The maximum absolute atomic E-state index is 16.3. The quantitative estimate of drug-likeness (QED) is 0.212. The number of alkyl halides is 1. The Balaban J connectivity index is 0.683. The zero-order chi connectivity index (χ0) is 42.0. The Morgan fingerprint density at radius 2 is 1.61 bits per heavy atom. The highest BCUT2D eigenvalue weighted by Gasteiger charge is 2.42. The summed E-state index contributed by atoms with van der Waals surface area (Å²) < 4.78 is 52.5. The number of carbonyl (C=O) groups is 3. The number of piperidine rings is 3. The molecule has 10 rings (SSSR count). The summed E-state index contributed by atoms with van der Waals surface area (Å²) in [5.74, 6) is -0.677. The number of H-pyrrole nitrogens is 1. The Labute approximate surface area is 351 Å². The summed E-state index contributed by atoms with van der Waals surface area (Å²) in [4.78, 5) is 56.6. The van der Waals surface area contributed by atoms with Crippen LogP contribution in [0.15, 0.2) is 36.7 Å². The average molecular weight is 841 g/mol. The largest absolute Gasteiger partial charge is 0.484 e. The first-order chi connectivity index (χ1) is 29.4. The topological polar surface area (TPSA) is 143 Å². The van der Waals surface area contributed by atoms with E-state index in [9.17, 15) is 18.8 Å². The van der Waals surface area contributed by atoms with Crippen molar-refractivity contribution in [1.82, 2.24) is 40.2 Å². The van der Waals surface area contributed by atoms with Crippen LogP contribution in [0.1, 0.15) is 74.2 Å². The van der Waals surface area contributed by atoms with Crippen molar-refractivity contribution in [2.24, 2.45) is 5.92 Å². The molecule has 1 saturated carbocycles. The van der Waals surface area contributed by atoms with Crippen molar-refractivity contribution >= 4 is 40.1 Å². The molecule has 3 amide bonds. The van der Waals surface area contributed by atoms with Gasteiger partial charge in [-0.1, -0.05) is 0 Å². The number of nitrogens with zero attached hydrogens (tertiary/aromatic N) is 8. The van der Waals surface area contributed by atoms with Crippen molar-refractivity contribution in [3.8, 4) is 17.1 Å². The summed E-state index contributed by atoms with van der Waals surface area (Å²) in [6.07, 6.45) is 6.51. The number of halogens is 3. The van der Waals surface area contributed by atoms with E-state index in [4.69, 9.17) is 4.74 Å². The van der Waals surface area contributed by atoms with E-state index in [1.54, 1.807) is 12.1 Å². The van der Waals surface area contributed by atoms with E-state index in [1.807, 2.05) is 17.9 Å². The van der Waals surface area contributed by atoms with Crippen molar-refractivity contribution in [2.45, 2.75) is 82.1 Å². The standard InChI is InChI=1S/C44H51F3N10O4/c1-43(6-7-43)61-37-20-30-33(21-32(37)46)51-52-40(30)34-22-38(49-26-48-34)56-16-14-54(15-17-56)25-44(47)8-12-53(13-9-44)23-27-4-10-55(11-5-27)36-18-28-24-57(42(60)29(28)19-31(36)45)35-2-3-39(58)50-41(35)59/h18-22,26-27,35H,2-17,23-25H2,1H3,(H,51,52)(H,50,58,59). The highest BCUT2D eigenvalue weighted by atomic mass is 19.1. The predicted octanol–water partition coefficient (Wildman–Crippen LogP) is 4.83. The molecule has 1 unspecified atom stereocenters. The van der Waals surface area contributed by atoms with Gasteiger partial charge in [-0.3, -0.25) is 29.7 Å². The fourth-order valence-electron chi connectivity index (χ4n) is 9.86. The van der Waals surface area contributed by atoms with Crippen molar-refractivity contribution in [3.05, 3.63) is 59.4 Å². The van der Waals surface area contributed by atoms with Crippen LogP contribution in [0.4, 0.5) is 24.7 Å². The molecule has 322 valence electrons. The number of piperazine rings is 1. The first-order valence-corrected chi connectivity index (χ1v) is 21.7. The van der Waals surface area contributed by atoms with E-state index in [-0.39, 0.29) is 48.1 Å². The lowest BCUT2D eigenvalue weighted by Gasteiger charge is -2.43. The molecule has 5 aliphatic heterocycles. The van der Waals surface area contributed by atoms with Gasteiger partial charge >= 0.3 is 0 Å². The monoisotopic (exact) mass is 840 g/mol. The van der Waals surface area contributed by atoms with Gasteiger partial charge in [0.2, 0.25) is 11.8 Å². The molecule has 17 heteroatoms. The molecule has 0 radical (unpaired) electrons. The third-order valence-corrected chi connectivity index (χ3v) is 13.8. The van der Waals surface area contributed by atoms with Gasteiger partial charge < -0.3 is 24.3 Å². The molecule has 4 aromatic rings. The Kier molecular flexibility index (Phi) is 10.2. The van der Waals surface area contributed by atoms with Gasteiger partial charge in [0.25, 0.3) is 5.91 Å². The number of aromatic nitrogens is 4. The highest BCUT2D eigenvalue weighted by Crippen LogP contribution is 2.42. The number of nitrogens with one attached hydrogen (secondary N) is 2. The number of aromatic amines is 1. The van der Waals surface area contributed by atoms with Gasteiger partial charge in [-0.2, -0.15) is 5.10 Å². The van der Waals surface area contributed by atoms with Crippen LogP contribution in [-0.2, 0) is 16.1 Å². The molecule has 1 atom stereocenters. The van der Waals surface area contributed by atoms with Gasteiger partial charge in [-0.25, -0.2) is 23.1 Å². The second-order valence-corrected chi connectivity index (χ2v) is 18.2. The molecule has 2 aromatic heterocycles. The van der Waals surface area contributed by atoms with Crippen LogP contribution >= 0.6 is 0 Å². The maximum atomic E-state index is 16.3. The first-order valence-electron chi connectivity index (χ1n) is 21.7. The molecule has 6 aliphatic rings. The summed E-state index contributed by atoms with van der Waals surface area (Å²) >= 11 is 0. The van der Waals surface area contributed by atoms with Crippen LogP contribution in [0.3, 0.4) is 0 Å². The summed E-state index contributed by atoms with van der Waals surface area (Å²) in [5, 5.41) is 10.4. The van der Waals surface area contributed by atoms with Crippen molar-refractivity contribution in [2.75, 3.05) is 75.2 Å². The zero-order valence-electron chi connectivity index (χ0n) is 34.4. The number of benzene rings is 2. The molecule has 0 spiro atoms. The number of hydrogen-bond donors (Lipinski definition) is 2. The van der Waals surface area contributed by atoms with Gasteiger partial charge in [0, 0.05) is 101 Å². The van der Waals surface area contributed by atoms with E-state index in [0.717, 1.165) is 56.5 Å². The number of anilines is 2. The minimum atomic E-state index is -1.25. The number of hydrogen-bond acceptors (Lipinski definition) is 11. The smallest absolute Gasteiger partial charge is 0.255 e. The lowest BCUT2D eigenvalue weighted by Crippen LogP contribution is -2.54. The minimum absolute atomic E-state index is 0.167. The second kappa shape index (κ2) is 15.6. The van der Waals surface area contributed by atoms with E-state index in [1.165, 1.54) is 23.4 Å². The lowest BCUT2D eigenvalue weighted by molar-refractivity contribution is -0.136. The number of amides is 3. The van der Waals surface area contributed by atoms with Crippen LogP contribution in [0.2, 0.25) is 0 Å². The molecule has 7 heterocycles. The molecule has 61 heavy (non-hydrogen) atoms. The maximum Gasteiger partial charge on any atom is 0.255 e. The Morgan fingerprint density at radius 3 is 2.34 bits per heavy atom. The molecule has 2 aromatic carbocycles. The summed E-state index contributed by atoms with van der Waals surface area (Å²) in [5.41, 5.74) is 1.70. The molecular formula is C44H51F3N10O4. The average Bonchev–Trinajstić information content (AvgIpc) is 3.71. The number of carbonyl (C=O) groups excluding carboxylic acids is 3. The molecular weight excluding hydrogens is 790 g/mol. The van der Waals surface area contributed by atoms with Crippen LogP contribution in [0, 0.1) is 17.6 Å². The third-order valence-electron chi connectivity index (χ3n) is 13.8. The first kappa shape index (κ1) is 39.8. The molecule has 0 bridgehead atoms. The normalized spacial score (nSPS) is 23.4. The number of likely N-dealkylation sites (tertiary alicyclic amines) is 1. The lowest BCUT2D eigenvalue weighted by atomic mass is 9.90. The number of ether oxygens (including phenoxy) is 1. The van der Waals surface area contributed by atoms with Crippen LogP contribution in [-0.4, -0.2) is 135 Å². The minimum Gasteiger partial charge on any atom is -0.484 e. The van der Waals surface area contributed by atoms with Gasteiger partial charge in [0.15, 0.2) is 11.6 Å². The van der Waals surface area contributed by atoms with Gasteiger partial charge in [0.05, 0.1) is 22.6 Å². The van der Waals surface area contributed by atoms with Crippen molar-refractivity contribution in [3.63, 3.8) is 0 Å². The van der Waals surface area contributed by atoms with Crippen molar-refractivity contribution in [1.29, 1.82) is 0 Å². The molecule has 5 fully saturated rings. The number of imide groups is 1. The zero-order valence-corrected chi connectivity index (χ0v) is 34.4. The Hall–Kier alpha value is -5.29. The van der Waals surface area contributed by atoms with Crippen LogP contribution in [0.25, 0.3) is 22.3 Å². The summed E-state index contributed by atoms with van der Waals surface area (Å²) in [6.45, 7) is 9.13. The molecule has 2 N–H and O–H groups in total. The number of rotatable bonds is 10. The van der Waals surface area contributed by atoms with Gasteiger partial charge in [-0.15, -0.1) is 0 Å². The SMILES string of the molecule is CC1(Oc2cc3c(-c4cc(N5CCN(CC6(F)CCN(CC7CCN(c8cc9c(cc8F)C(=O)N(C8CCC(=O)NC8=O)C9)CC7)CC6)CC5)ncn4)[nH]nc3cc2F)CC1. The number of fused-ring (bicyclic) bond motifs is 2. The predicted molar refractivity (Wildman–Crippen MR) is 221 cm³/mol. The van der Waals surface area contributed by atoms with Crippen LogP contribution in [0.5, 0.6) is 5.75 Å². The van der Waals surface area contributed by atoms with Crippen molar-refractivity contribution < 1.29 is 32.3 Å². The highest BCUT2D eigenvalue weighted by molar-refractivity contribution is 6.05. The Bertz CT molecular complexity index is 2370. The fourth-order valence-corrected chi connectivity index (χ4v) is 9.86.